The molecule has 0 heterocycles. The molecule has 20 heavy (non-hydrogen) atoms. The molecule has 0 saturated heterocycles. The molecule has 0 bridgehead atoms. The smallest absolute Gasteiger partial charge is 0.320 e. The summed E-state index contributed by atoms with van der Waals surface area (Å²) in [5.74, 6) is -1.34. The van der Waals surface area contributed by atoms with Crippen molar-refractivity contribution in [2.45, 2.75) is 25.4 Å². The van der Waals surface area contributed by atoms with Crippen LogP contribution in [0.2, 0.25) is 0 Å². The van der Waals surface area contributed by atoms with E-state index in [0.717, 1.165) is 5.56 Å². The first-order valence-corrected chi connectivity index (χ1v) is 6.22. The number of nitrogens with zero attached hydrogens (tertiary/aromatic N) is 1. The number of methoxy groups -OCH3 is 1. The highest BCUT2D eigenvalue weighted by molar-refractivity contribution is 5.75. The first-order valence-electron chi connectivity index (χ1n) is 6.22. The van der Waals surface area contributed by atoms with Crippen LogP contribution in [0.3, 0.4) is 0 Å². The fourth-order valence-corrected chi connectivity index (χ4v) is 2.01. The van der Waals surface area contributed by atoms with Gasteiger partial charge in [-0.2, -0.15) is 0 Å². The van der Waals surface area contributed by atoms with E-state index in [2.05, 4.69) is 0 Å². The van der Waals surface area contributed by atoms with Gasteiger partial charge in [-0.15, -0.1) is 0 Å². The summed E-state index contributed by atoms with van der Waals surface area (Å²) in [4.78, 5) is 23.4. The van der Waals surface area contributed by atoms with Gasteiger partial charge in [-0.05, 0) is 19.5 Å². The summed E-state index contributed by atoms with van der Waals surface area (Å²) in [5, 5.41) is 17.9. The van der Waals surface area contributed by atoms with Crippen molar-refractivity contribution in [1.29, 1.82) is 0 Å². The summed E-state index contributed by atoms with van der Waals surface area (Å²) in [6, 6.07) is 6.50. The van der Waals surface area contributed by atoms with E-state index in [0.29, 0.717) is 12.3 Å². The van der Waals surface area contributed by atoms with Gasteiger partial charge in [0.2, 0.25) is 0 Å². The minimum Gasteiger partial charge on any atom is -0.496 e. The third-order valence-corrected chi connectivity index (χ3v) is 3.06. The first-order chi connectivity index (χ1) is 9.45. The Balaban J connectivity index is 2.77. The van der Waals surface area contributed by atoms with Crippen LogP contribution < -0.4 is 4.74 Å². The molecule has 1 aromatic carbocycles. The normalized spacial score (nSPS) is 12.2. The molecule has 0 amide bonds. The van der Waals surface area contributed by atoms with Gasteiger partial charge in [0, 0.05) is 18.5 Å². The molecule has 1 aromatic rings. The van der Waals surface area contributed by atoms with E-state index >= 15 is 0 Å². The molecule has 6 heteroatoms. The van der Waals surface area contributed by atoms with Gasteiger partial charge in [-0.3, -0.25) is 14.5 Å². The van der Waals surface area contributed by atoms with E-state index in [4.69, 9.17) is 9.84 Å². The van der Waals surface area contributed by atoms with Crippen molar-refractivity contribution >= 4 is 11.9 Å². The van der Waals surface area contributed by atoms with Gasteiger partial charge >= 0.3 is 11.9 Å². The number of carboxylic acid groups (broad SMARTS) is 2. The number of hydrogen-bond donors (Lipinski definition) is 2. The number of rotatable bonds is 8. The summed E-state index contributed by atoms with van der Waals surface area (Å²) < 4.78 is 5.22. The highest BCUT2D eigenvalue weighted by Crippen LogP contribution is 2.20. The molecule has 0 aromatic heterocycles. The molecule has 0 aliphatic rings. The standard InChI is InChI=1S/C14H19NO5/c1-15(11(14(18)19)7-8-13(16)17)9-10-5-3-4-6-12(10)20-2/h3-6,11H,7-9H2,1-2H3,(H,16,17)(H,18,19). The van der Waals surface area contributed by atoms with Gasteiger partial charge in [0.05, 0.1) is 7.11 Å². The summed E-state index contributed by atoms with van der Waals surface area (Å²) in [6.07, 6.45) is -0.108. The van der Waals surface area contributed by atoms with Gasteiger partial charge in [0.25, 0.3) is 0 Å². The van der Waals surface area contributed by atoms with E-state index < -0.39 is 18.0 Å². The molecule has 1 atom stereocenters. The summed E-state index contributed by atoms with van der Waals surface area (Å²) in [5.41, 5.74) is 0.860. The molecule has 0 spiro atoms. The lowest BCUT2D eigenvalue weighted by molar-refractivity contribution is -0.144. The van der Waals surface area contributed by atoms with Gasteiger partial charge < -0.3 is 14.9 Å². The monoisotopic (exact) mass is 281 g/mol. The predicted octanol–water partition coefficient (Wildman–Crippen LogP) is 1.45. The van der Waals surface area contributed by atoms with E-state index in [9.17, 15) is 14.7 Å². The number of carbonyl (C=O) groups is 2. The molecule has 110 valence electrons. The fourth-order valence-electron chi connectivity index (χ4n) is 2.01. The van der Waals surface area contributed by atoms with Crippen LogP contribution in [0.25, 0.3) is 0 Å². The van der Waals surface area contributed by atoms with Crippen molar-refractivity contribution in [2.75, 3.05) is 14.2 Å². The Morgan fingerprint density at radius 1 is 1.30 bits per heavy atom. The average Bonchev–Trinajstić information content (AvgIpc) is 2.38. The molecule has 1 rings (SSSR count). The lowest BCUT2D eigenvalue weighted by Crippen LogP contribution is -2.38. The van der Waals surface area contributed by atoms with E-state index in [1.165, 1.54) is 0 Å². The largest absolute Gasteiger partial charge is 0.496 e. The number of aliphatic carboxylic acids is 2. The molecule has 2 N–H and O–H groups in total. The number of hydrogen-bond acceptors (Lipinski definition) is 4. The minimum atomic E-state index is -1.02. The summed E-state index contributed by atoms with van der Waals surface area (Å²) in [7, 11) is 3.21. The van der Waals surface area contributed by atoms with Crippen molar-refractivity contribution < 1.29 is 24.5 Å². The van der Waals surface area contributed by atoms with Crippen molar-refractivity contribution in [3.63, 3.8) is 0 Å². The van der Waals surface area contributed by atoms with Gasteiger partial charge in [0.15, 0.2) is 0 Å². The van der Waals surface area contributed by atoms with E-state index in [-0.39, 0.29) is 12.8 Å². The van der Waals surface area contributed by atoms with Crippen LogP contribution in [-0.2, 0) is 16.1 Å². The maximum atomic E-state index is 11.2. The van der Waals surface area contributed by atoms with Crippen molar-refractivity contribution in [3.8, 4) is 5.75 Å². The van der Waals surface area contributed by atoms with Crippen LogP contribution in [0.4, 0.5) is 0 Å². The third kappa shape index (κ3) is 4.55. The Morgan fingerprint density at radius 2 is 1.95 bits per heavy atom. The SMILES string of the molecule is COc1ccccc1CN(C)C(CCC(=O)O)C(=O)O. The lowest BCUT2D eigenvalue weighted by Gasteiger charge is -2.24. The number of likely N-dealkylation sites (N-methyl/N-ethyl adjacent to an activating group) is 1. The molecule has 0 aliphatic carbocycles. The number of carboxylic acids is 2. The third-order valence-electron chi connectivity index (χ3n) is 3.06. The second-order valence-electron chi connectivity index (χ2n) is 4.51. The molecule has 0 aliphatic heterocycles. The van der Waals surface area contributed by atoms with Crippen LogP contribution in [0.1, 0.15) is 18.4 Å². The fraction of sp³-hybridized carbons (Fsp3) is 0.429. The summed E-state index contributed by atoms with van der Waals surface area (Å²) in [6.45, 7) is 0.376. The molecule has 0 radical (unpaired) electrons. The van der Waals surface area contributed by atoms with Gasteiger partial charge in [-0.1, -0.05) is 18.2 Å². The number of para-hydroxylation sites is 1. The number of ether oxygens (including phenoxy) is 1. The molecule has 1 unspecified atom stereocenters. The minimum absolute atomic E-state index is 0.0658. The quantitative estimate of drug-likeness (QED) is 0.750. The second kappa shape index (κ2) is 7.49. The average molecular weight is 281 g/mol. The number of benzene rings is 1. The van der Waals surface area contributed by atoms with Crippen LogP contribution in [0.15, 0.2) is 24.3 Å². The topological polar surface area (TPSA) is 87.1 Å². The zero-order chi connectivity index (χ0) is 15.1. The zero-order valence-corrected chi connectivity index (χ0v) is 11.6. The van der Waals surface area contributed by atoms with E-state index in [1.54, 1.807) is 25.1 Å². The van der Waals surface area contributed by atoms with Gasteiger partial charge in [0.1, 0.15) is 11.8 Å². The molecule has 0 saturated carbocycles. The molecular formula is C14H19NO5. The molecule has 0 fully saturated rings. The van der Waals surface area contributed by atoms with E-state index in [1.807, 2.05) is 18.2 Å². The van der Waals surface area contributed by atoms with Crippen LogP contribution in [0, 0.1) is 0 Å². The summed E-state index contributed by atoms with van der Waals surface area (Å²) >= 11 is 0. The Morgan fingerprint density at radius 3 is 2.50 bits per heavy atom. The Labute approximate surface area is 117 Å². The Kier molecular flexibility index (Phi) is 5.99. The molecule has 6 nitrogen and oxygen atoms in total. The predicted molar refractivity (Wildman–Crippen MR) is 72.8 cm³/mol. The molecular weight excluding hydrogens is 262 g/mol. The van der Waals surface area contributed by atoms with Crippen LogP contribution >= 0.6 is 0 Å². The maximum Gasteiger partial charge on any atom is 0.320 e. The van der Waals surface area contributed by atoms with Gasteiger partial charge in [-0.25, -0.2) is 0 Å². The zero-order valence-electron chi connectivity index (χ0n) is 11.6. The Hall–Kier alpha value is -2.08. The van der Waals surface area contributed by atoms with Crippen molar-refractivity contribution in [2.24, 2.45) is 0 Å². The van der Waals surface area contributed by atoms with Crippen molar-refractivity contribution in [3.05, 3.63) is 29.8 Å². The highest BCUT2D eigenvalue weighted by atomic mass is 16.5. The van der Waals surface area contributed by atoms with Crippen LogP contribution in [0.5, 0.6) is 5.75 Å². The van der Waals surface area contributed by atoms with Crippen LogP contribution in [-0.4, -0.2) is 47.3 Å². The lowest BCUT2D eigenvalue weighted by atomic mass is 10.1. The maximum absolute atomic E-state index is 11.2. The first kappa shape index (κ1) is 16.0. The second-order valence-corrected chi connectivity index (χ2v) is 4.51. The van der Waals surface area contributed by atoms with Crippen molar-refractivity contribution in [1.82, 2.24) is 4.90 Å². The highest BCUT2D eigenvalue weighted by Gasteiger charge is 2.24. The Bertz CT molecular complexity index is 474.